The van der Waals surface area contributed by atoms with Crippen molar-refractivity contribution >= 4 is 28.9 Å². The highest BCUT2D eigenvalue weighted by molar-refractivity contribution is 6.32. The normalized spacial score (nSPS) is 18.1. The van der Waals surface area contributed by atoms with E-state index in [0.717, 1.165) is 5.56 Å². The SMILES string of the molecule is CCc1ccc(Oc2ccc([N+](=O)[O-])cc2Cl)cc1C1C(=O)C(C)(C)OC(C)(C)C1=O. The van der Waals surface area contributed by atoms with E-state index in [1.54, 1.807) is 45.9 Å². The third kappa shape index (κ3) is 4.34. The number of nitro benzene ring substituents is 1. The minimum Gasteiger partial charge on any atom is -0.456 e. The molecule has 1 saturated heterocycles. The fourth-order valence-corrected chi connectivity index (χ4v) is 4.09. The Kier molecular flexibility index (Phi) is 5.95. The molecule has 164 valence electrons. The van der Waals surface area contributed by atoms with Crippen LogP contribution >= 0.6 is 11.6 Å². The lowest BCUT2D eigenvalue weighted by molar-refractivity contribution is -0.384. The molecule has 0 radical (unpaired) electrons. The number of nitrogens with zero attached hydrogens (tertiary/aromatic N) is 1. The molecule has 0 aromatic heterocycles. The molecule has 0 atom stereocenters. The van der Waals surface area contributed by atoms with Gasteiger partial charge in [0.2, 0.25) is 0 Å². The molecule has 0 spiro atoms. The molecule has 3 rings (SSSR count). The van der Waals surface area contributed by atoms with Gasteiger partial charge in [-0.3, -0.25) is 19.7 Å². The fourth-order valence-electron chi connectivity index (χ4n) is 3.88. The van der Waals surface area contributed by atoms with Crippen LogP contribution in [0.4, 0.5) is 5.69 Å². The average Bonchev–Trinajstić information content (AvgIpc) is 2.68. The maximum atomic E-state index is 13.2. The Hall–Kier alpha value is -2.77. The van der Waals surface area contributed by atoms with Gasteiger partial charge < -0.3 is 9.47 Å². The number of aryl methyl sites for hydroxylation is 1. The van der Waals surface area contributed by atoms with Crippen LogP contribution in [-0.4, -0.2) is 27.7 Å². The number of hydrogen-bond donors (Lipinski definition) is 0. The second kappa shape index (κ2) is 8.05. The number of nitro groups is 1. The molecular weight excluding hydrogens is 422 g/mol. The summed E-state index contributed by atoms with van der Waals surface area (Å²) in [5.74, 6) is -1.00. The quantitative estimate of drug-likeness (QED) is 0.346. The van der Waals surface area contributed by atoms with Crippen LogP contribution < -0.4 is 4.74 Å². The number of rotatable bonds is 5. The molecule has 1 aliphatic heterocycles. The van der Waals surface area contributed by atoms with Crippen molar-refractivity contribution in [3.63, 3.8) is 0 Å². The van der Waals surface area contributed by atoms with E-state index in [1.165, 1.54) is 18.2 Å². The summed E-state index contributed by atoms with van der Waals surface area (Å²) in [5.41, 5.74) is -0.973. The van der Waals surface area contributed by atoms with E-state index < -0.39 is 22.0 Å². The molecule has 0 unspecified atom stereocenters. The zero-order valence-corrected chi connectivity index (χ0v) is 18.8. The minimum atomic E-state index is -1.12. The number of halogens is 1. The molecule has 8 heteroatoms. The van der Waals surface area contributed by atoms with Crippen molar-refractivity contribution in [2.45, 2.75) is 58.2 Å². The van der Waals surface area contributed by atoms with Crippen molar-refractivity contribution in [3.8, 4) is 11.5 Å². The molecule has 31 heavy (non-hydrogen) atoms. The number of non-ortho nitro benzene ring substituents is 1. The lowest BCUT2D eigenvalue weighted by Gasteiger charge is -2.43. The maximum absolute atomic E-state index is 13.2. The van der Waals surface area contributed by atoms with Crippen LogP contribution in [0.1, 0.15) is 51.7 Å². The second-order valence-electron chi connectivity index (χ2n) is 8.47. The van der Waals surface area contributed by atoms with E-state index in [4.69, 9.17) is 21.1 Å². The summed E-state index contributed by atoms with van der Waals surface area (Å²) in [5, 5.41) is 11.0. The predicted octanol–water partition coefficient (Wildman–Crippen LogP) is 5.41. The number of Topliss-reactive ketones (excluding diaryl/α,β-unsaturated/α-hetero) is 2. The smallest absolute Gasteiger partial charge is 0.271 e. The summed E-state index contributed by atoms with van der Waals surface area (Å²) in [6, 6.07) is 9.08. The van der Waals surface area contributed by atoms with E-state index in [1.807, 2.05) is 6.92 Å². The van der Waals surface area contributed by atoms with Crippen LogP contribution in [0.15, 0.2) is 36.4 Å². The number of benzene rings is 2. The van der Waals surface area contributed by atoms with E-state index >= 15 is 0 Å². The van der Waals surface area contributed by atoms with Crippen LogP contribution in [0.2, 0.25) is 5.02 Å². The maximum Gasteiger partial charge on any atom is 0.271 e. The van der Waals surface area contributed by atoms with Gasteiger partial charge in [-0.05, 0) is 63.4 Å². The van der Waals surface area contributed by atoms with E-state index in [-0.39, 0.29) is 28.0 Å². The topological polar surface area (TPSA) is 95.7 Å². The second-order valence-corrected chi connectivity index (χ2v) is 8.88. The third-order valence-corrected chi connectivity index (χ3v) is 5.68. The Morgan fingerprint density at radius 3 is 2.19 bits per heavy atom. The van der Waals surface area contributed by atoms with Gasteiger partial charge in [0.1, 0.15) is 28.6 Å². The van der Waals surface area contributed by atoms with Crippen molar-refractivity contribution in [1.82, 2.24) is 0 Å². The Bertz CT molecular complexity index is 1050. The van der Waals surface area contributed by atoms with Gasteiger partial charge in [-0.2, -0.15) is 0 Å². The largest absolute Gasteiger partial charge is 0.456 e. The first-order chi connectivity index (χ1) is 14.4. The highest BCUT2D eigenvalue weighted by Crippen LogP contribution is 2.41. The zero-order valence-electron chi connectivity index (χ0n) is 18.0. The van der Waals surface area contributed by atoms with Gasteiger partial charge in [0.15, 0.2) is 11.6 Å². The first-order valence-electron chi connectivity index (χ1n) is 9.91. The summed E-state index contributed by atoms with van der Waals surface area (Å²) >= 11 is 6.14. The third-order valence-electron chi connectivity index (χ3n) is 5.38. The zero-order chi connectivity index (χ0) is 23.1. The van der Waals surface area contributed by atoms with Crippen molar-refractivity contribution in [2.75, 3.05) is 0 Å². The van der Waals surface area contributed by atoms with Gasteiger partial charge in [-0.25, -0.2) is 0 Å². The molecule has 0 amide bonds. The Labute approximate surface area is 185 Å². The van der Waals surface area contributed by atoms with E-state index in [9.17, 15) is 19.7 Å². The number of carbonyl (C=O) groups is 2. The van der Waals surface area contributed by atoms with E-state index in [0.29, 0.717) is 17.7 Å². The number of ether oxygens (including phenoxy) is 2. The first kappa shape index (κ1) is 22.9. The Morgan fingerprint density at radius 2 is 1.68 bits per heavy atom. The van der Waals surface area contributed by atoms with Crippen LogP contribution in [0, 0.1) is 10.1 Å². The van der Waals surface area contributed by atoms with Crippen molar-refractivity contribution in [3.05, 3.63) is 62.7 Å². The molecule has 7 nitrogen and oxygen atoms in total. The van der Waals surface area contributed by atoms with Gasteiger partial charge in [0.25, 0.3) is 5.69 Å². The molecule has 2 aromatic carbocycles. The molecular formula is C23H24ClNO6. The van der Waals surface area contributed by atoms with E-state index in [2.05, 4.69) is 0 Å². The van der Waals surface area contributed by atoms with Gasteiger partial charge in [0, 0.05) is 12.1 Å². The van der Waals surface area contributed by atoms with Crippen molar-refractivity contribution in [1.29, 1.82) is 0 Å². The lowest BCUT2D eigenvalue weighted by Crippen LogP contribution is -2.58. The lowest BCUT2D eigenvalue weighted by atomic mass is 9.73. The Balaban J connectivity index is 2.04. The van der Waals surface area contributed by atoms with Crippen LogP contribution in [0.5, 0.6) is 11.5 Å². The van der Waals surface area contributed by atoms with Crippen LogP contribution in [-0.2, 0) is 20.7 Å². The molecule has 2 aromatic rings. The molecule has 1 heterocycles. The van der Waals surface area contributed by atoms with Gasteiger partial charge >= 0.3 is 0 Å². The summed E-state index contributed by atoms with van der Waals surface area (Å²) in [7, 11) is 0. The summed E-state index contributed by atoms with van der Waals surface area (Å²) < 4.78 is 11.6. The van der Waals surface area contributed by atoms with Crippen LogP contribution in [0.3, 0.4) is 0 Å². The van der Waals surface area contributed by atoms with Crippen molar-refractivity contribution in [2.24, 2.45) is 0 Å². The predicted molar refractivity (Wildman–Crippen MR) is 116 cm³/mol. The number of hydrogen-bond acceptors (Lipinski definition) is 6. The highest BCUT2D eigenvalue weighted by atomic mass is 35.5. The van der Waals surface area contributed by atoms with Gasteiger partial charge in [0.05, 0.1) is 9.95 Å². The summed E-state index contributed by atoms with van der Waals surface area (Å²) in [4.78, 5) is 36.7. The van der Waals surface area contributed by atoms with Gasteiger partial charge in [-0.1, -0.05) is 24.6 Å². The number of ketones is 2. The average molecular weight is 446 g/mol. The Morgan fingerprint density at radius 1 is 1.06 bits per heavy atom. The molecule has 0 bridgehead atoms. The first-order valence-corrected chi connectivity index (χ1v) is 10.3. The monoisotopic (exact) mass is 445 g/mol. The molecule has 1 aliphatic rings. The summed E-state index contributed by atoms with van der Waals surface area (Å²) in [6.07, 6.45) is 0.618. The molecule has 1 fully saturated rings. The van der Waals surface area contributed by atoms with Crippen LogP contribution in [0.25, 0.3) is 0 Å². The molecule has 0 aliphatic carbocycles. The minimum absolute atomic E-state index is 0.0794. The number of carbonyl (C=O) groups excluding carboxylic acids is 2. The fraction of sp³-hybridized carbons (Fsp3) is 0.391. The molecule has 0 N–H and O–H groups in total. The standard InChI is InChI=1S/C23H24ClNO6/c1-6-13-7-9-15(30-18-10-8-14(25(28)29)11-17(18)24)12-16(13)19-20(26)22(2,3)31-23(4,5)21(19)27/h7-12,19H,6H2,1-5H3. The van der Waals surface area contributed by atoms with Gasteiger partial charge in [-0.15, -0.1) is 0 Å². The summed E-state index contributed by atoms with van der Waals surface area (Å²) in [6.45, 7) is 8.60. The van der Waals surface area contributed by atoms with Crippen molar-refractivity contribution < 1.29 is 24.0 Å². The molecule has 0 saturated carbocycles. The highest BCUT2D eigenvalue weighted by Gasteiger charge is 2.53.